The molecule has 7 heteroatoms. The van der Waals surface area contributed by atoms with Gasteiger partial charge in [-0.1, -0.05) is 26.0 Å². The van der Waals surface area contributed by atoms with Crippen LogP contribution in [0.2, 0.25) is 0 Å². The lowest BCUT2D eigenvalue weighted by atomic mass is 9.42. The molecule has 2 unspecified atom stereocenters. The summed E-state index contributed by atoms with van der Waals surface area (Å²) in [6, 6.07) is 4.05. The second kappa shape index (κ2) is 8.02. The third kappa shape index (κ3) is 3.90. The van der Waals surface area contributed by atoms with Crippen LogP contribution in [0.1, 0.15) is 31.6 Å². The van der Waals surface area contributed by atoms with Crippen LogP contribution in [0.25, 0.3) is 12.2 Å². The number of nitrogens with one attached hydrogen (secondary N) is 2. The van der Waals surface area contributed by atoms with Crippen molar-refractivity contribution in [2.45, 2.75) is 30.9 Å². The molecule has 30 heavy (non-hydrogen) atoms. The second-order valence-corrected chi connectivity index (χ2v) is 11.6. The summed E-state index contributed by atoms with van der Waals surface area (Å²) in [4.78, 5) is 34.1. The predicted molar refractivity (Wildman–Crippen MR) is 127 cm³/mol. The third-order valence-corrected chi connectivity index (χ3v) is 8.94. The highest BCUT2D eigenvalue weighted by Crippen LogP contribution is 2.65. The van der Waals surface area contributed by atoms with Crippen molar-refractivity contribution < 1.29 is 0 Å². The molecule has 5 rings (SSSR count). The van der Waals surface area contributed by atoms with Crippen molar-refractivity contribution in [1.82, 2.24) is 14.9 Å². The summed E-state index contributed by atoms with van der Waals surface area (Å²) in [5, 5.41) is 0.660. The van der Waals surface area contributed by atoms with Crippen molar-refractivity contribution in [3.05, 3.63) is 60.6 Å². The predicted octanol–water partition coefficient (Wildman–Crippen LogP) is 2.38. The van der Waals surface area contributed by atoms with Gasteiger partial charge in [0.05, 0.1) is 4.21 Å². The lowest BCUT2D eigenvalue weighted by Crippen LogP contribution is -2.56. The molecule has 2 heterocycles. The van der Waals surface area contributed by atoms with Crippen LogP contribution in [0.4, 0.5) is 0 Å². The highest BCUT2D eigenvalue weighted by atomic mass is 32.2. The van der Waals surface area contributed by atoms with E-state index in [0.717, 1.165) is 30.0 Å². The van der Waals surface area contributed by atoms with E-state index < -0.39 is 0 Å². The van der Waals surface area contributed by atoms with Crippen LogP contribution >= 0.6 is 23.1 Å². The Morgan fingerprint density at radius 1 is 1.20 bits per heavy atom. The first-order valence-corrected chi connectivity index (χ1v) is 12.1. The molecule has 2 aromatic heterocycles. The molecule has 2 aromatic rings. The van der Waals surface area contributed by atoms with Crippen molar-refractivity contribution in [2.24, 2.45) is 16.7 Å². The van der Waals surface area contributed by atoms with E-state index in [1.165, 1.54) is 4.21 Å². The molecule has 0 amide bonds. The van der Waals surface area contributed by atoms with E-state index in [0.29, 0.717) is 16.6 Å². The Morgan fingerprint density at radius 2 is 1.93 bits per heavy atom. The van der Waals surface area contributed by atoms with Crippen LogP contribution in [0, 0.1) is 16.7 Å². The van der Waals surface area contributed by atoms with Gasteiger partial charge in [0.25, 0.3) is 11.1 Å². The molecule has 3 aliphatic carbocycles. The molecule has 3 aliphatic rings. The van der Waals surface area contributed by atoms with Crippen molar-refractivity contribution in [2.75, 3.05) is 26.4 Å². The lowest BCUT2D eigenvalue weighted by Gasteiger charge is -2.62. The number of hydrogen-bond donors (Lipinski definition) is 2. The standard InChI is InChI=1S/C23H29N3O2S2/c1-22(2)15-6-5-9-23(22,13-15)14-18-21(28)24-17(20(27)25-18)12-16-7-8-19(30-16)29-11-10-26(3)4/h5,7-9,12,14-15H,6,10-11,13H2,1-4H3,(H,24,28)(H,25,27). The lowest BCUT2D eigenvalue weighted by molar-refractivity contribution is -0.0451. The SMILES string of the molecule is CN(C)CCSc1ccc(C=c2[nH]c(=O)c(=CC34C=CCC(C3)C4(C)C)[nH]c2=O)s1. The number of thioether (sulfide) groups is 1. The fraction of sp³-hybridized carbons (Fsp3) is 0.478. The first-order valence-electron chi connectivity index (χ1n) is 10.3. The summed E-state index contributed by atoms with van der Waals surface area (Å²) < 4.78 is 1.21. The van der Waals surface area contributed by atoms with Crippen molar-refractivity contribution >= 4 is 35.3 Å². The number of hydrogen-bond acceptors (Lipinski definition) is 5. The summed E-state index contributed by atoms with van der Waals surface area (Å²) in [6.45, 7) is 5.52. The maximum atomic E-state index is 12.7. The van der Waals surface area contributed by atoms with Gasteiger partial charge in [-0.3, -0.25) is 9.59 Å². The molecule has 1 fully saturated rings. The van der Waals surface area contributed by atoms with Crippen LogP contribution in [0.3, 0.4) is 0 Å². The number of fused-ring (bicyclic) bond motifs is 1. The van der Waals surface area contributed by atoms with Crippen LogP contribution in [-0.2, 0) is 0 Å². The van der Waals surface area contributed by atoms with Crippen LogP contribution in [0.15, 0.2) is 38.1 Å². The zero-order valence-electron chi connectivity index (χ0n) is 18.0. The van der Waals surface area contributed by atoms with Crippen LogP contribution in [0.5, 0.6) is 0 Å². The number of rotatable bonds is 6. The second-order valence-electron chi connectivity index (χ2n) is 9.13. The molecule has 160 valence electrons. The number of allylic oxidation sites excluding steroid dienone is 2. The summed E-state index contributed by atoms with van der Waals surface area (Å²) in [5.74, 6) is 1.66. The molecule has 0 radical (unpaired) electrons. The van der Waals surface area contributed by atoms with E-state index in [9.17, 15) is 9.59 Å². The van der Waals surface area contributed by atoms with E-state index in [-0.39, 0.29) is 21.9 Å². The molecule has 2 atom stereocenters. The highest BCUT2D eigenvalue weighted by molar-refractivity contribution is 8.01. The van der Waals surface area contributed by atoms with Gasteiger partial charge in [-0.25, -0.2) is 0 Å². The normalized spacial score (nSPS) is 25.7. The Hall–Kier alpha value is -1.83. The average molecular weight is 444 g/mol. The Bertz CT molecular complexity index is 1200. The average Bonchev–Trinajstić information content (AvgIpc) is 3.13. The van der Waals surface area contributed by atoms with Crippen molar-refractivity contribution in [1.29, 1.82) is 0 Å². The maximum absolute atomic E-state index is 12.7. The smallest absolute Gasteiger partial charge is 0.272 e. The molecular formula is C23H29N3O2S2. The number of H-pyrrole nitrogens is 2. The molecular weight excluding hydrogens is 414 g/mol. The summed E-state index contributed by atoms with van der Waals surface area (Å²) in [5.41, 5.74) is -0.552. The van der Waals surface area contributed by atoms with Gasteiger partial charge >= 0.3 is 0 Å². The fourth-order valence-corrected chi connectivity index (χ4v) is 6.76. The van der Waals surface area contributed by atoms with Crippen molar-refractivity contribution in [3.8, 4) is 0 Å². The summed E-state index contributed by atoms with van der Waals surface area (Å²) >= 11 is 3.43. The molecule has 0 aliphatic heterocycles. The number of nitrogens with zero attached hydrogens (tertiary/aromatic N) is 1. The summed E-state index contributed by atoms with van der Waals surface area (Å²) in [6.07, 6.45) is 10.3. The van der Waals surface area contributed by atoms with E-state index in [1.54, 1.807) is 29.2 Å². The largest absolute Gasteiger partial charge is 0.316 e. The van der Waals surface area contributed by atoms with E-state index in [1.807, 2.05) is 12.1 Å². The fourth-order valence-electron chi connectivity index (χ4n) is 4.49. The molecule has 0 saturated heterocycles. The van der Waals surface area contributed by atoms with Crippen LogP contribution in [-0.4, -0.2) is 41.3 Å². The molecule has 5 nitrogen and oxygen atoms in total. The highest BCUT2D eigenvalue weighted by Gasteiger charge is 2.58. The minimum absolute atomic E-state index is 0.105. The van der Waals surface area contributed by atoms with Gasteiger partial charge < -0.3 is 14.9 Å². The molecule has 0 aromatic carbocycles. The maximum Gasteiger partial charge on any atom is 0.272 e. The Kier molecular flexibility index (Phi) is 5.72. The van der Waals surface area contributed by atoms with Gasteiger partial charge in [0.2, 0.25) is 0 Å². The minimum atomic E-state index is -0.263. The van der Waals surface area contributed by atoms with Gasteiger partial charge in [-0.2, -0.15) is 0 Å². The number of thiophene rings is 1. The Morgan fingerprint density at radius 3 is 2.63 bits per heavy atom. The number of aromatic nitrogens is 2. The third-order valence-electron chi connectivity index (χ3n) is 6.70. The van der Waals surface area contributed by atoms with E-state index >= 15 is 0 Å². The van der Waals surface area contributed by atoms with Gasteiger partial charge in [0, 0.05) is 22.6 Å². The topological polar surface area (TPSA) is 69.0 Å². The molecule has 2 bridgehead atoms. The molecule has 2 N–H and O–H groups in total. The molecule has 0 spiro atoms. The van der Waals surface area contributed by atoms with Gasteiger partial charge in [-0.05, 0) is 62.6 Å². The summed E-state index contributed by atoms with van der Waals surface area (Å²) in [7, 11) is 4.12. The monoisotopic (exact) mass is 443 g/mol. The first-order chi connectivity index (χ1) is 14.2. The van der Waals surface area contributed by atoms with E-state index in [4.69, 9.17) is 0 Å². The van der Waals surface area contributed by atoms with Crippen molar-refractivity contribution in [3.63, 3.8) is 0 Å². The van der Waals surface area contributed by atoms with E-state index in [2.05, 4.69) is 61.0 Å². The van der Waals surface area contributed by atoms with Gasteiger partial charge in [-0.15, -0.1) is 23.1 Å². The minimum Gasteiger partial charge on any atom is -0.316 e. The van der Waals surface area contributed by atoms with Crippen LogP contribution < -0.4 is 21.8 Å². The zero-order chi connectivity index (χ0) is 21.5. The first kappa shape index (κ1) is 21.4. The Labute approximate surface area is 184 Å². The quantitative estimate of drug-likeness (QED) is 0.531. The zero-order valence-corrected chi connectivity index (χ0v) is 19.6. The van der Waals surface area contributed by atoms with Gasteiger partial charge in [0.15, 0.2) is 0 Å². The Balaban J connectivity index is 1.62. The molecule has 1 saturated carbocycles. The van der Waals surface area contributed by atoms with Gasteiger partial charge in [0.1, 0.15) is 10.7 Å². The number of aromatic amines is 2.